The van der Waals surface area contributed by atoms with Crippen LogP contribution in [0.5, 0.6) is 0 Å². The Kier molecular flexibility index (Phi) is 8.51. The minimum atomic E-state index is -1.49. The number of carbonyl (C=O) groups excluding carboxylic acids is 4. The Hall–Kier alpha value is -4.67. The van der Waals surface area contributed by atoms with E-state index in [1.54, 1.807) is 20.8 Å². The topological polar surface area (TPSA) is 149 Å². The van der Waals surface area contributed by atoms with Gasteiger partial charge in [-0.2, -0.15) is 0 Å². The Balaban J connectivity index is 1.81. The maximum atomic E-state index is 13.3. The lowest BCUT2D eigenvalue weighted by molar-refractivity contribution is -0.127. The number of hydrogen-bond acceptors (Lipinski definition) is 8. The summed E-state index contributed by atoms with van der Waals surface area (Å²) in [6, 6.07) is 13.3. The van der Waals surface area contributed by atoms with Crippen LogP contribution in [0.3, 0.4) is 0 Å². The number of nitrogens with one attached hydrogen (secondary N) is 3. The molecule has 200 valence electrons. The Bertz CT molecular complexity index is 1300. The second-order valence-electron chi connectivity index (χ2n) is 9.66. The van der Waals surface area contributed by atoms with Crippen LogP contribution in [0.25, 0.3) is 11.5 Å². The zero-order valence-electron chi connectivity index (χ0n) is 21.8. The van der Waals surface area contributed by atoms with E-state index in [2.05, 4.69) is 21.2 Å². The zero-order valence-corrected chi connectivity index (χ0v) is 21.8. The van der Waals surface area contributed by atoms with Crippen molar-refractivity contribution in [1.29, 1.82) is 0 Å². The quantitative estimate of drug-likeness (QED) is 0.316. The van der Waals surface area contributed by atoms with Crippen LogP contribution in [0.4, 0.5) is 4.79 Å². The minimum absolute atomic E-state index is 0.0336. The van der Waals surface area contributed by atoms with Crippen LogP contribution in [0, 0.1) is 0 Å². The SMILES string of the molecule is COC(=O)c1cc(C(=O)NNC(=O)[C@@](C)(Cc2ccccc2)NC(=O)OC(C)(C)C)cc(-c2ncco2)c1. The van der Waals surface area contributed by atoms with Crippen LogP contribution >= 0.6 is 0 Å². The van der Waals surface area contributed by atoms with Crippen LogP contribution < -0.4 is 16.2 Å². The van der Waals surface area contributed by atoms with E-state index in [1.165, 1.54) is 44.7 Å². The first-order chi connectivity index (χ1) is 17.9. The highest BCUT2D eigenvalue weighted by molar-refractivity contribution is 6.01. The number of nitrogens with zero attached hydrogens (tertiary/aromatic N) is 1. The van der Waals surface area contributed by atoms with Crippen molar-refractivity contribution in [2.75, 3.05) is 7.11 Å². The number of hydrogen-bond donors (Lipinski definition) is 3. The monoisotopic (exact) mass is 522 g/mol. The number of ether oxygens (including phenoxy) is 2. The summed E-state index contributed by atoms with van der Waals surface area (Å²) in [6.07, 6.45) is 2.09. The Morgan fingerprint density at radius 3 is 2.24 bits per heavy atom. The third-order valence-electron chi connectivity index (χ3n) is 5.26. The van der Waals surface area contributed by atoms with Gasteiger partial charge >= 0.3 is 12.1 Å². The molecule has 3 aromatic rings. The number of benzene rings is 2. The van der Waals surface area contributed by atoms with Crippen molar-refractivity contribution in [3.8, 4) is 11.5 Å². The fraction of sp³-hybridized carbons (Fsp3) is 0.296. The van der Waals surface area contributed by atoms with Gasteiger partial charge in [-0.05, 0) is 51.5 Å². The van der Waals surface area contributed by atoms with Crippen molar-refractivity contribution < 1.29 is 33.1 Å². The van der Waals surface area contributed by atoms with Crippen LogP contribution in [-0.2, 0) is 20.7 Å². The summed E-state index contributed by atoms with van der Waals surface area (Å²) in [5.74, 6) is -1.91. The first-order valence-electron chi connectivity index (χ1n) is 11.7. The van der Waals surface area contributed by atoms with E-state index < -0.39 is 35.0 Å². The zero-order chi connectivity index (χ0) is 27.9. The largest absolute Gasteiger partial charge is 0.465 e. The molecule has 1 heterocycles. The predicted molar refractivity (Wildman–Crippen MR) is 137 cm³/mol. The molecular formula is C27H30N4O7. The van der Waals surface area contributed by atoms with E-state index in [0.29, 0.717) is 5.56 Å². The number of amides is 3. The van der Waals surface area contributed by atoms with E-state index in [0.717, 1.165) is 5.56 Å². The van der Waals surface area contributed by atoms with Crippen molar-refractivity contribution in [3.63, 3.8) is 0 Å². The van der Waals surface area contributed by atoms with E-state index >= 15 is 0 Å². The van der Waals surface area contributed by atoms with E-state index in [-0.39, 0.29) is 23.4 Å². The first-order valence-corrected chi connectivity index (χ1v) is 11.7. The molecule has 0 unspecified atom stereocenters. The van der Waals surface area contributed by atoms with Crippen molar-refractivity contribution in [3.05, 3.63) is 77.7 Å². The first kappa shape index (κ1) is 27.9. The van der Waals surface area contributed by atoms with Crippen molar-refractivity contribution in [1.82, 2.24) is 21.2 Å². The summed E-state index contributed by atoms with van der Waals surface area (Å²) in [6.45, 7) is 6.63. The second kappa shape index (κ2) is 11.6. The lowest BCUT2D eigenvalue weighted by Crippen LogP contribution is -2.61. The normalized spacial score (nSPS) is 12.6. The molecule has 38 heavy (non-hydrogen) atoms. The number of carbonyl (C=O) groups is 4. The molecule has 3 amide bonds. The third kappa shape index (κ3) is 7.42. The molecule has 0 fully saturated rings. The fourth-order valence-electron chi connectivity index (χ4n) is 3.52. The molecule has 11 nitrogen and oxygen atoms in total. The van der Waals surface area contributed by atoms with Gasteiger partial charge in [0, 0.05) is 17.5 Å². The molecule has 0 radical (unpaired) electrons. The summed E-state index contributed by atoms with van der Waals surface area (Å²) in [7, 11) is 1.21. The highest BCUT2D eigenvalue weighted by Gasteiger charge is 2.37. The van der Waals surface area contributed by atoms with E-state index in [1.807, 2.05) is 30.3 Å². The van der Waals surface area contributed by atoms with Gasteiger partial charge in [0.15, 0.2) is 0 Å². The van der Waals surface area contributed by atoms with E-state index in [9.17, 15) is 19.2 Å². The summed E-state index contributed by atoms with van der Waals surface area (Å²) in [4.78, 5) is 55.0. The highest BCUT2D eigenvalue weighted by Crippen LogP contribution is 2.22. The lowest BCUT2D eigenvalue weighted by atomic mass is 9.92. The van der Waals surface area contributed by atoms with Crippen molar-refractivity contribution in [2.45, 2.75) is 45.3 Å². The molecule has 0 spiro atoms. The van der Waals surface area contributed by atoms with Gasteiger partial charge in [-0.25, -0.2) is 14.6 Å². The number of aromatic nitrogens is 1. The molecule has 0 bridgehead atoms. The summed E-state index contributed by atoms with van der Waals surface area (Å²) in [5, 5.41) is 2.61. The average molecular weight is 523 g/mol. The summed E-state index contributed by atoms with van der Waals surface area (Å²) < 4.78 is 15.4. The highest BCUT2D eigenvalue weighted by atomic mass is 16.6. The maximum Gasteiger partial charge on any atom is 0.408 e. The molecule has 0 aliphatic heterocycles. The van der Waals surface area contributed by atoms with Crippen molar-refractivity contribution >= 4 is 23.9 Å². The number of esters is 1. The van der Waals surface area contributed by atoms with Gasteiger partial charge in [0.25, 0.3) is 11.8 Å². The molecule has 1 aromatic heterocycles. The molecule has 0 aliphatic carbocycles. The summed E-state index contributed by atoms with van der Waals surface area (Å²) in [5.41, 5.74) is 3.67. The minimum Gasteiger partial charge on any atom is -0.465 e. The average Bonchev–Trinajstić information content (AvgIpc) is 3.40. The number of rotatable bonds is 7. The number of methoxy groups -OCH3 is 1. The molecule has 0 saturated carbocycles. The molecule has 1 atom stereocenters. The Morgan fingerprint density at radius 2 is 1.63 bits per heavy atom. The molecule has 0 aliphatic rings. The van der Waals surface area contributed by atoms with Crippen molar-refractivity contribution in [2.24, 2.45) is 0 Å². The lowest BCUT2D eigenvalue weighted by Gasteiger charge is -2.31. The number of oxazole rings is 1. The molecule has 2 aromatic carbocycles. The van der Waals surface area contributed by atoms with Crippen LogP contribution in [-0.4, -0.2) is 47.1 Å². The van der Waals surface area contributed by atoms with Crippen LogP contribution in [0.2, 0.25) is 0 Å². The van der Waals surface area contributed by atoms with Gasteiger partial charge in [0.05, 0.1) is 18.9 Å². The fourth-order valence-corrected chi connectivity index (χ4v) is 3.52. The molecular weight excluding hydrogens is 492 g/mol. The standard InChI is InChI=1S/C27H30N4O7/c1-26(2,3)38-25(35)29-27(4,16-17-9-7-6-8-10-17)24(34)31-30-21(32)18-13-19(22-28-11-12-37-22)15-20(14-18)23(33)36-5/h6-15H,16H2,1-5H3,(H,29,35)(H,30,32)(H,31,34)/t27-/m1/s1. The second-order valence-corrected chi connectivity index (χ2v) is 9.66. The molecule has 0 saturated heterocycles. The Labute approximate surface area is 219 Å². The van der Waals surface area contributed by atoms with Gasteiger partial charge in [-0.3, -0.25) is 20.4 Å². The molecule has 11 heteroatoms. The van der Waals surface area contributed by atoms with Gasteiger partial charge < -0.3 is 19.2 Å². The molecule has 3 rings (SSSR count). The molecule has 3 N–H and O–H groups in total. The number of alkyl carbamates (subject to hydrolysis) is 1. The van der Waals surface area contributed by atoms with Gasteiger partial charge in [0.2, 0.25) is 5.89 Å². The van der Waals surface area contributed by atoms with Gasteiger partial charge in [0.1, 0.15) is 17.4 Å². The smallest absolute Gasteiger partial charge is 0.408 e. The van der Waals surface area contributed by atoms with Gasteiger partial charge in [-0.15, -0.1) is 0 Å². The predicted octanol–water partition coefficient (Wildman–Crippen LogP) is 3.42. The van der Waals surface area contributed by atoms with Crippen LogP contribution in [0.15, 0.2) is 65.4 Å². The van der Waals surface area contributed by atoms with Gasteiger partial charge in [-0.1, -0.05) is 30.3 Å². The summed E-state index contributed by atoms with van der Waals surface area (Å²) >= 11 is 0. The Morgan fingerprint density at radius 1 is 0.947 bits per heavy atom. The third-order valence-corrected chi connectivity index (χ3v) is 5.26. The van der Waals surface area contributed by atoms with Crippen LogP contribution in [0.1, 0.15) is 54.0 Å². The van der Waals surface area contributed by atoms with E-state index in [4.69, 9.17) is 13.9 Å². The number of hydrazine groups is 1. The maximum absolute atomic E-state index is 13.3.